The first kappa shape index (κ1) is 17.2. The molecule has 1 N–H and O–H groups in total. The second kappa shape index (κ2) is 10.00. The first-order valence-electron chi connectivity index (χ1n) is 8.08. The highest BCUT2D eigenvalue weighted by Crippen LogP contribution is 2.11. The Labute approximate surface area is 123 Å². The van der Waals surface area contributed by atoms with E-state index in [1.54, 1.807) is 0 Å². The zero-order chi connectivity index (χ0) is 14.8. The Morgan fingerprint density at radius 2 is 1.95 bits per heavy atom. The summed E-state index contributed by atoms with van der Waals surface area (Å²) in [7, 11) is 0. The Bertz CT molecular complexity index is 266. The molecule has 0 bridgehead atoms. The van der Waals surface area contributed by atoms with Gasteiger partial charge < -0.3 is 19.9 Å². The molecule has 0 radical (unpaired) electrons. The zero-order valence-electron chi connectivity index (χ0n) is 13.4. The lowest BCUT2D eigenvalue weighted by Gasteiger charge is -2.32. The average Bonchev–Trinajstić information content (AvgIpc) is 2.47. The number of ether oxygens (including phenoxy) is 1. The summed E-state index contributed by atoms with van der Waals surface area (Å²) in [6.45, 7) is 12.8. The van der Waals surface area contributed by atoms with Crippen LogP contribution in [0, 0.1) is 0 Å². The lowest BCUT2D eigenvalue weighted by atomic mass is 10.1. The summed E-state index contributed by atoms with van der Waals surface area (Å²) in [5, 5.41) is 3.62. The van der Waals surface area contributed by atoms with Gasteiger partial charge in [0.2, 0.25) is 0 Å². The Morgan fingerprint density at radius 3 is 2.50 bits per heavy atom. The van der Waals surface area contributed by atoms with E-state index in [0.717, 1.165) is 45.6 Å². The summed E-state index contributed by atoms with van der Waals surface area (Å²) in [6, 6.07) is 0.543. The minimum atomic E-state index is -0.161. The lowest BCUT2D eigenvalue weighted by molar-refractivity contribution is 0.0949. The summed E-state index contributed by atoms with van der Waals surface area (Å²) >= 11 is 0. The van der Waals surface area contributed by atoms with Gasteiger partial charge in [0, 0.05) is 32.2 Å². The monoisotopic (exact) mass is 285 g/mol. The fraction of sp³-hybridized carbons (Fsp3) is 0.933. The molecule has 118 valence electrons. The Hall–Kier alpha value is -0.810. The van der Waals surface area contributed by atoms with Gasteiger partial charge in [-0.2, -0.15) is 0 Å². The number of hydrogen-bond donors (Lipinski definition) is 1. The second-order valence-electron chi connectivity index (χ2n) is 5.35. The maximum absolute atomic E-state index is 11.6. The number of likely N-dealkylation sites (N-methyl/N-ethyl adjacent to an activating group) is 1. The minimum absolute atomic E-state index is 0.161. The van der Waals surface area contributed by atoms with Crippen molar-refractivity contribution in [2.45, 2.75) is 46.1 Å². The fourth-order valence-corrected chi connectivity index (χ4v) is 2.65. The van der Waals surface area contributed by atoms with Crippen LogP contribution in [-0.4, -0.2) is 67.8 Å². The second-order valence-corrected chi connectivity index (χ2v) is 5.35. The average molecular weight is 285 g/mol. The van der Waals surface area contributed by atoms with Gasteiger partial charge >= 0.3 is 6.09 Å². The summed E-state index contributed by atoms with van der Waals surface area (Å²) in [5.74, 6) is 0. The van der Waals surface area contributed by atoms with Crippen molar-refractivity contribution in [1.82, 2.24) is 15.1 Å². The molecule has 0 atom stereocenters. The van der Waals surface area contributed by atoms with Crippen LogP contribution in [0.3, 0.4) is 0 Å². The van der Waals surface area contributed by atoms with Crippen LogP contribution in [0.1, 0.15) is 40.0 Å². The van der Waals surface area contributed by atoms with Crippen molar-refractivity contribution in [1.29, 1.82) is 0 Å². The number of piperidine rings is 1. The third-order valence-corrected chi connectivity index (χ3v) is 3.87. The Kier molecular flexibility index (Phi) is 8.62. The number of amides is 1. The van der Waals surface area contributed by atoms with Gasteiger partial charge in [-0.05, 0) is 39.3 Å². The predicted octanol–water partition coefficient (Wildman–Crippen LogP) is 1.93. The van der Waals surface area contributed by atoms with Gasteiger partial charge in [0.25, 0.3) is 0 Å². The molecule has 0 aromatic rings. The summed E-state index contributed by atoms with van der Waals surface area (Å²) < 4.78 is 5.03. The molecule has 0 aliphatic carbocycles. The largest absolute Gasteiger partial charge is 0.450 e. The zero-order valence-corrected chi connectivity index (χ0v) is 13.4. The molecule has 1 fully saturated rings. The Balaban J connectivity index is 2.14. The van der Waals surface area contributed by atoms with Gasteiger partial charge in [0.05, 0.1) is 6.61 Å². The van der Waals surface area contributed by atoms with Crippen molar-refractivity contribution < 1.29 is 9.53 Å². The van der Waals surface area contributed by atoms with E-state index in [0.29, 0.717) is 12.6 Å². The Morgan fingerprint density at radius 1 is 1.25 bits per heavy atom. The van der Waals surface area contributed by atoms with E-state index in [1.165, 1.54) is 13.0 Å². The van der Waals surface area contributed by atoms with E-state index >= 15 is 0 Å². The topological polar surface area (TPSA) is 44.8 Å². The first-order chi connectivity index (χ1) is 9.71. The normalized spacial score (nSPS) is 16.7. The van der Waals surface area contributed by atoms with Gasteiger partial charge in [-0.15, -0.1) is 0 Å². The van der Waals surface area contributed by atoms with E-state index in [4.69, 9.17) is 4.74 Å². The molecule has 5 nitrogen and oxygen atoms in total. The highest BCUT2D eigenvalue weighted by Gasteiger charge is 2.22. The molecule has 0 aromatic heterocycles. The summed E-state index contributed by atoms with van der Waals surface area (Å²) in [6.07, 6.45) is 3.11. The van der Waals surface area contributed by atoms with Crippen molar-refractivity contribution in [3.8, 4) is 0 Å². The molecule has 1 rings (SSSR count). The molecule has 1 aliphatic heterocycles. The number of likely N-dealkylation sites (tertiary alicyclic amines) is 1. The number of carbonyl (C=O) groups is 1. The van der Waals surface area contributed by atoms with E-state index in [-0.39, 0.29) is 6.09 Å². The van der Waals surface area contributed by atoms with Crippen LogP contribution in [0.25, 0.3) is 0 Å². The van der Waals surface area contributed by atoms with Gasteiger partial charge in [-0.1, -0.05) is 13.8 Å². The lowest BCUT2D eigenvalue weighted by Crippen LogP contribution is -2.46. The molecular formula is C15H31N3O2. The molecule has 0 unspecified atom stereocenters. The quantitative estimate of drug-likeness (QED) is 0.740. The van der Waals surface area contributed by atoms with Crippen LogP contribution in [0.5, 0.6) is 0 Å². The van der Waals surface area contributed by atoms with Crippen LogP contribution in [0.2, 0.25) is 0 Å². The van der Waals surface area contributed by atoms with Crippen LogP contribution in [0.4, 0.5) is 4.79 Å². The third-order valence-electron chi connectivity index (χ3n) is 3.87. The first-order valence-corrected chi connectivity index (χ1v) is 8.08. The number of rotatable bonds is 8. The van der Waals surface area contributed by atoms with Gasteiger partial charge in [-0.3, -0.25) is 0 Å². The van der Waals surface area contributed by atoms with Crippen molar-refractivity contribution in [3.05, 3.63) is 0 Å². The maximum atomic E-state index is 11.6. The van der Waals surface area contributed by atoms with Crippen LogP contribution >= 0.6 is 0 Å². The summed E-state index contributed by atoms with van der Waals surface area (Å²) in [4.78, 5) is 15.9. The van der Waals surface area contributed by atoms with E-state index in [9.17, 15) is 4.79 Å². The summed E-state index contributed by atoms with van der Waals surface area (Å²) in [5.41, 5.74) is 0. The highest BCUT2D eigenvalue weighted by atomic mass is 16.6. The number of hydrogen-bond acceptors (Lipinski definition) is 4. The molecule has 0 spiro atoms. The van der Waals surface area contributed by atoms with Crippen molar-refractivity contribution in [2.24, 2.45) is 0 Å². The van der Waals surface area contributed by atoms with Crippen LogP contribution in [0.15, 0.2) is 0 Å². The van der Waals surface area contributed by atoms with Gasteiger partial charge in [-0.25, -0.2) is 4.79 Å². The smallest absolute Gasteiger partial charge is 0.409 e. The van der Waals surface area contributed by atoms with E-state index in [2.05, 4.69) is 24.1 Å². The molecule has 20 heavy (non-hydrogen) atoms. The SMILES string of the molecule is CCCN(CC)CCNC1CCN(C(=O)OCC)CC1. The molecule has 1 saturated heterocycles. The fourth-order valence-electron chi connectivity index (χ4n) is 2.65. The molecule has 1 aliphatic rings. The van der Waals surface area contributed by atoms with Crippen LogP contribution < -0.4 is 5.32 Å². The molecule has 1 amide bonds. The minimum Gasteiger partial charge on any atom is -0.450 e. The highest BCUT2D eigenvalue weighted by molar-refractivity contribution is 5.67. The van der Waals surface area contributed by atoms with Crippen LogP contribution in [-0.2, 0) is 4.74 Å². The number of nitrogens with zero attached hydrogens (tertiary/aromatic N) is 2. The molecular weight excluding hydrogens is 254 g/mol. The van der Waals surface area contributed by atoms with E-state index < -0.39 is 0 Å². The third kappa shape index (κ3) is 6.09. The number of carbonyl (C=O) groups excluding carboxylic acids is 1. The predicted molar refractivity (Wildman–Crippen MR) is 82.0 cm³/mol. The van der Waals surface area contributed by atoms with Gasteiger partial charge in [0.15, 0.2) is 0 Å². The molecule has 1 heterocycles. The van der Waals surface area contributed by atoms with Gasteiger partial charge in [0.1, 0.15) is 0 Å². The number of nitrogens with one attached hydrogen (secondary N) is 1. The van der Waals surface area contributed by atoms with Crippen molar-refractivity contribution in [2.75, 3.05) is 45.9 Å². The molecule has 0 aromatic carbocycles. The van der Waals surface area contributed by atoms with E-state index in [1.807, 2.05) is 11.8 Å². The molecule has 5 heteroatoms. The molecule has 0 saturated carbocycles. The van der Waals surface area contributed by atoms with Crippen molar-refractivity contribution in [3.63, 3.8) is 0 Å². The standard InChI is InChI=1S/C15H31N3O2/c1-4-10-17(5-2)13-9-16-14-7-11-18(12-8-14)15(19)20-6-3/h14,16H,4-13H2,1-3H3. The van der Waals surface area contributed by atoms with Crippen molar-refractivity contribution >= 4 is 6.09 Å². The maximum Gasteiger partial charge on any atom is 0.409 e.